The van der Waals surface area contributed by atoms with Crippen molar-refractivity contribution in [1.29, 1.82) is 0 Å². The molecule has 1 aromatic heterocycles. The number of hydrogen-bond acceptors (Lipinski definition) is 4. The molecule has 0 aliphatic carbocycles. The SMILES string of the molecule is Cn1c(CO)nnc1CCO. The zero-order valence-corrected chi connectivity index (χ0v) is 6.36. The summed E-state index contributed by atoms with van der Waals surface area (Å²) in [6, 6.07) is 0. The van der Waals surface area contributed by atoms with Crippen molar-refractivity contribution in [3.63, 3.8) is 0 Å². The maximum absolute atomic E-state index is 8.71. The van der Waals surface area contributed by atoms with E-state index in [-0.39, 0.29) is 13.2 Å². The summed E-state index contributed by atoms with van der Waals surface area (Å²) >= 11 is 0. The Labute approximate surface area is 64.3 Å². The molecule has 2 N–H and O–H groups in total. The lowest BCUT2D eigenvalue weighted by atomic mass is 10.4. The number of hydrogen-bond donors (Lipinski definition) is 2. The van der Waals surface area contributed by atoms with Gasteiger partial charge in [-0.05, 0) is 0 Å². The fraction of sp³-hybridized carbons (Fsp3) is 0.667. The van der Waals surface area contributed by atoms with E-state index in [1.165, 1.54) is 0 Å². The van der Waals surface area contributed by atoms with Crippen molar-refractivity contribution in [2.75, 3.05) is 6.61 Å². The number of aliphatic hydroxyl groups is 2. The van der Waals surface area contributed by atoms with Crippen molar-refractivity contribution in [1.82, 2.24) is 14.8 Å². The summed E-state index contributed by atoms with van der Waals surface area (Å²) < 4.78 is 1.68. The molecule has 0 saturated carbocycles. The van der Waals surface area contributed by atoms with E-state index >= 15 is 0 Å². The second kappa shape index (κ2) is 3.45. The molecule has 0 bridgehead atoms. The minimum absolute atomic E-state index is 0.0530. The molecule has 1 aromatic rings. The van der Waals surface area contributed by atoms with Gasteiger partial charge in [0.15, 0.2) is 5.82 Å². The molecule has 0 atom stereocenters. The number of nitrogens with zero attached hydrogens (tertiary/aromatic N) is 3. The lowest BCUT2D eigenvalue weighted by Gasteiger charge is -1.98. The summed E-state index contributed by atoms with van der Waals surface area (Å²) in [5.74, 6) is 1.21. The normalized spacial score (nSPS) is 10.5. The van der Waals surface area contributed by atoms with Gasteiger partial charge in [-0.1, -0.05) is 0 Å². The summed E-state index contributed by atoms with van der Waals surface area (Å²) in [6.07, 6.45) is 0.476. The highest BCUT2D eigenvalue weighted by molar-refractivity contribution is 4.93. The first-order valence-corrected chi connectivity index (χ1v) is 3.38. The lowest BCUT2D eigenvalue weighted by molar-refractivity contribution is 0.265. The van der Waals surface area contributed by atoms with Crippen molar-refractivity contribution < 1.29 is 10.2 Å². The minimum Gasteiger partial charge on any atom is -0.396 e. The Hall–Kier alpha value is -0.940. The van der Waals surface area contributed by atoms with Gasteiger partial charge in [-0.25, -0.2) is 0 Å². The molecule has 0 aliphatic heterocycles. The van der Waals surface area contributed by atoms with Crippen LogP contribution in [0.1, 0.15) is 11.6 Å². The van der Waals surface area contributed by atoms with Crippen molar-refractivity contribution in [2.45, 2.75) is 13.0 Å². The number of aromatic nitrogens is 3. The Kier molecular flexibility index (Phi) is 2.56. The number of rotatable bonds is 3. The first-order chi connectivity index (χ1) is 5.29. The summed E-state index contributed by atoms with van der Waals surface area (Å²) in [5.41, 5.74) is 0. The molecule has 5 heteroatoms. The van der Waals surface area contributed by atoms with Crippen LogP contribution in [0.15, 0.2) is 0 Å². The molecule has 0 amide bonds. The molecule has 0 spiro atoms. The molecule has 11 heavy (non-hydrogen) atoms. The predicted octanol–water partition coefficient (Wildman–Crippen LogP) is -1.16. The van der Waals surface area contributed by atoms with Gasteiger partial charge in [-0.2, -0.15) is 0 Å². The largest absolute Gasteiger partial charge is 0.396 e. The molecule has 1 rings (SSSR count). The summed E-state index contributed by atoms with van der Waals surface area (Å²) in [5, 5.41) is 24.8. The van der Waals surface area contributed by atoms with E-state index in [0.717, 1.165) is 0 Å². The Bertz CT molecular complexity index is 234. The fourth-order valence-corrected chi connectivity index (χ4v) is 0.854. The second-order valence-corrected chi connectivity index (χ2v) is 2.22. The molecule has 62 valence electrons. The molecule has 0 aliphatic rings. The molecule has 0 aromatic carbocycles. The maximum atomic E-state index is 8.71. The van der Waals surface area contributed by atoms with Crippen molar-refractivity contribution in [3.8, 4) is 0 Å². The van der Waals surface area contributed by atoms with Gasteiger partial charge in [0.2, 0.25) is 0 Å². The van der Waals surface area contributed by atoms with E-state index in [0.29, 0.717) is 18.1 Å². The molecule has 0 radical (unpaired) electrons. The van der Waals surface area contributed by atoms with Crippen LogP contribution in [0.2, 0.25) is 0 Å². The first-order valence-electron chi connectivity index (χ1n) is 3.38. The van der Waals surface area contributed by atoms with Crippen LogP contribution >= 0.6 is 0 Å². The van der Waals surface area contributed by atoms with Gasteiger partial charge >= 0.3 is 0 Å². The average Bonchev–Trinajstić information content (AvgIpc) is 2.34. The van der Waals surface area contributed by atoms with Crippen LogP contribution < -0.4 is 0 Å². The highest BCUT2D eigenvalue weighted by atomic mass is 16.3. The standard InChI is InChI=1S/C6H11N3O2/c1-9-5(2-3-10)7-8-6(9)4-11/h10-11H,2-4H2,1H3. The number of aliphatic hydroxyl groups excluding tert-OH is 2. The lowest BCUT2D eigenvalue weighted by Crippen LogP contribution is -2.03. The molecule has 0 unspecified atom stereocenters. The highest BCUT2D eigenvalue weighted by Crippen LogP contribution is 1.98. The van der Waals surface area contributed by atoms with Gasteiger partial charge in [0, 0.05) is 13.5 Å². The van der Waals surface area contributed by atoms with Gasteiger partial charge < -0.3 is 14.8 Å². The third-order valence-corrected chi connectivity index (χ3v) is 1.53. The Morgan fingerprint density at radius 2 is 1.91 bits per heavy atom. The van der Waals surface area contributed by atoms with Crippen LogP contribution in [0.5, 0.6) is 0 Å². The van der Waals surface area contributed by atoms with Crippen molar-refractivity contribution >= 4 is 0 Å². The zero-order chi connectivity index (χ0) is 8.27. The van der Waals surface area contributed by atoms with Crippen LogP contribution in [0.3, 0.4) is 0 Å². The molecular weight excluding hydrogens is 146 g/mol. The average molecular weight is 157 g/mol. The van der Waals surface area contributed by atoms with Crippen LogP contribution in [0, 0.1) is 0 Å². The summed E-state index contributed by atoms with van der Waals surface area (Å²) in [4.78, 5) is 0. The third-order valence-electron chi connectivity index (χ3n) is 1.53. The van der Waals surface area contributed by atoms with Gasteiger partial charge in [0.25, 0.3) is 0 Å². The predicted molar refractivity (Wildman–Crippen MR) is 37.7 cm³/mol. The monoisotopic (exact) mass is 157 g/mol. The van der Waals surface area contributed by atoms with E-state index in [4.69, 9.17) is 10.2 Å². The van der Waals surface area contributed by atoms with E-state index in [2.05, 4.69) is 10.2 Å². The second-order valence-electron chi connectivity index (χ2n) is 2.22. The maximum Gasteiger partial charge on any atom is 0.158 e. The van der Waals surface area contributed by atoms with Crippen LogP contribution in [0.25, 0.3) is 0 Å². The van der Waals surface area contributed by atoms with E-state index in [9.17, 15) is 0 Å². The third kappa shape index (κ3) is 1.55. The molecule has 0 saturated heterocycles. The quantitative estimate of drug-likeness (QED) is 0.580. The van der Waals surface area contributed by atoms with E-state index in [1.54, 1.807) is 11.6 Å². The minimum atomic E-state index is -0.116. The summed E-state index contributed by atoms with van der Waals surface area (Å²) in [7, 11) is 1.76. The van der Waals surface area contributed by atoms with Crippen molar-refractivity contribution in [3.05, 3.63) is 11.6 Å². The van der Waals surface area contributed by atoms with Gasteiger partial charge in [-0.15, -0.1) is 10.2 Å². The van der Waals surface area contributed by atoms with Crippen LogP contribution in [0.4, 0.5) is 0 Å². The van der Waals surface area contributed by atoms with E-state index in [1.807, 2.05) is 0 Å². The van der Waals surface area contributed by atoms with Gasteiger partial charge in [-0.3, -0.25) is 0 Å². The topological polar surface area (TPSA) is 71.2 Å². The van der Waals surface area contributed by atoms with E-state index < -0.39 is 0 Å². The summed E-state index contributed by atoms with van der Waals surface area (Å²) in [6.45, 7) is -0.0632. The Morgan fingerprint density at radius 3 is 2.36 bits per heavy atom. The first kappa shape index (κ1) is 8.16. The van der Waals surface area contributed by atoms with Crippen LogP contribution in [-0.4, -0.2) is 31.6 Å². The molecule has 1 heterocycles. The fourth-order valence-electron chi connectivity index (χ4n) is 0.854. The Balaban J connectivity index is 2.82. The van der Waals surface area contributed by atoms with Crippen LogP contribution in [-0.2, 0) is 20.1 Å². The van der Waals surface area contributed by atoms with Gasteiger partial charge in [0.05, 0.1) is 6.61 Å². The highest BCUT2D eigenvalue weighted by Gasteiger charge is 2.05. The van der Waals surface area contributed by atoms with Crippen molar-refractivity contribution in [2.24, 2.45) is 7.05 Å². The smallest absolute Gasteiger partial charge is 0.158 e. The molecule has 0 fully saturated rings. The molecular formula is C6H11N3O2. The Morgan fingerprint density at radius 1 is 1.27 bits per heavy atom. The zero-order valence-electron chi connectivity index (χ0n) is 6.36. The van der Waals surface area contributed by atoms with Gasteiger partial charge in [0.1, 0.15) is 12.4 Å². The molecule has 5 nitrogen and oxygen atoms in total.